The highest BCUT2D eigenvalue weighted by Gasteiger charge is 2.43. The Morgan fingerprint density at radius 3 is 2.36 bits per heavy atom. The van der Waals surface area contributed by atoms with E-state index in [1.807, 2.05) is 12.1 Å². The second-order valence-corrected chi connectivity index (χ2v) is 10.2. The van der Waals surface area contributed by atoms with Gasteiger partial charge in [-0.2, -0.15) is 13.2 Å². The number of carbonyl (C=O) groups excluding carboxylic acids is 2. The molecule has 0 radical (unpaired) electrons. The van der Waals surface area contributed by atoms with Gasteiger partial charge in [0.05, 0.1) is 11.2 Å². The highest BCUT2D eigenvalue weighted by Crippen LogP contribution is 2.38. The van der Waals surface area contributed by atoms with Crippen molar-refractivity contribution in [3.8, 4) is 0 Å². The molecule has 0 spiro atoms. The van der Waals surface area contributed by atoms with E-state index >= 15 is 0 Å². The van der Waals surface area contributed by atoms with E-state index in [4.69, 9.17) is 0 Å². The molecule has 0 N–H and O–H groups in total. The summed E-state index contributed by atoms with van der Waals surface area (Å²) in [5.74, 6) is -0.413. The van der Waals surface area contributed by atoms with Crippen molar-refractivity contribution in [3.63, 3.8) is 0 Å². The highest BCUT2D eigenvalue weighted by atomic mass is 32.2. The molecule has 5 rings (SSSR count). The Morgan fingerprint density at radius 1 is 0.972 bits per heavy atom. The van der Waals surface area contributed by atoms with Crippen LogP contribution in [0.5, 0.6) is 0 Å². The van der Waals surface area contributed by atoms with E-state index in [0.29, 0.717) is 0 Å². The van der Waals surface area contributed by atoms with Crippen molar-refractivity contribution in [2.75, 3.05) is 22.9 Å². The maximum atomic E-state index is 13.3. The topological polar surface area (TPSA) is 56.8 Å². The number of hydrogen-bond donors (Lipinski definition) is 0. The lowest BCUT2D eigenvalue weighted by Gasteiger charge is -2.29. The van der Waals surface area contributed by atoms with Crippen LogP contribution in [0.15, 0.2) is 59.6 Å². The lowest BCUT2D eigenvalue weighted by Crippen LogP contribution is -2.33. The minimum absolute atomic E-state index is 0.0111. The van der Waals surface area contributed by atoms with Gasteiger partial charge in [0.1, 0.15) is 6.04 Å². The number of piperidine rings is 1. The Balaban J connectivity index is 1.40. The van der Waals surface area contributed by atoms with E-state index < -0.39 is 23.5 Å². The predicted octanol–water partition coefficient (Wildman–Crippen LogP) is 6.19. The highest BCUT2D eigenvalue weighted by molar-refractivity contribution is 8.00. The first-order valence-electron chi connectivity index (χ1n) is 11.8. The van der Waals surface area contributed by atoms with Crippen molar-refractivity contribution in [2.45, 2.75) is 49.2 Å². The van der Waals surface area contributed by atoms with Crippen LogP contribution >= 0.6 is 11.8 Å². The zero-order valence-corrected chi connectivity index (χ0v) is 20.5. The van der Waals surface area contributed by atoms with Crippen LogP contribution in [0.1, 0.15) is 31.7 Å². The van der Waals surface area contributed by atoms with Gasteiger partial charge in [-0.3, -0.25) is 9.78 Å². The minimum Gasteiger partial charge on any atom is -0.372 e. The average Bonchev–Trinajstić information content (AvgIpc) is 3.07. The molecule has 0 aliphatic carbocycles. The Bertz CT molecular complexity index is 1290. The first-order chi connectivity index (χ1) is 17.2. The Hall–Kier alpha value is -3.27. The summed E-state index contributed by atoms with van der Waals surface area (Å²) in [6.07, 6.45) is 5.25. The normalized spacial score (nSPS) is 19.0. The number of imide groups is 1. The van der Waals surface area contributed by atoms with E-state index in [2.05, 4.69) is 22.0 Å². The smallest absolute Gasteiger partial charge is 0.372 e. The molecule has 0 bridgehead atoms. The molecule has 2 aliphatic heterocycles. The Morgan fingerprint density at radius 2 is 1.67 bits per heavy atom. The van der Waals surface area contributed by atoms with Crippen molar-refractivity contribution in [3.05, 3.63) is 60.3 Å². The maximum Gasteiger partial charge on any atom is 0.446 e. The molecule has 3 amide bonds. The van der Waals surface area contributed by atoms with E-state index in [0.717, 1.165) is 53.0 Å². The van der Waals surface area contributed by atoms with Crippen molar-refractivity contribution < 1.29 is 22.8 Å². The molecule has 2 aliphatic rings. The van der Waals surface area contributed by atoms with Crippen LogP contribution in [0, 0.1) is 0 Å². The second kappa shape index (κ2) is 9.65. The number of urea groups is 1. The molecule has 1 atom stereocenters. The van der Waals surface area contributed by atoms with Gasteiger partial charge in [-0.1, -0.05) is 0 Å². The van der Waals surface area contributed by atoms with Gasteiger partial charge in [-0.05, 0) is 92.0 Å². The largest absolute Gasteiger partial charge is 0.446 e. The fourth-order valence-electron chi connectivity index (χ4n) is 4.81. The zero-order valence-electron chi connectivity index (χ0n) is 19.7. The number of pyridine rings is 1. The maximum absolute atomic E-state index is 13.3. The first-order valence-corrected chi connectivity index (χ1v) is 12.7. The molecule has 1 aromatic heterocycles. The average molecular weight is 515 g/mol. The van der Waals surface area contributed by atoms with Crippen LogP contribution in [0.3, 0.4) is 0 Å². The number of fused-ring (bicyclic) bond motifs is 1. The molecule has 188 valence electrons. The summed E-state index contributed by atoms with van der Waals surface area (Å²) in [4.78, 5) is 35.7. The summed E-state index contributed by atoms with van der Waals surface area (Å²) in [7, 11) is 0. The van der Waals surface area contributed by atoms with Gasteiger partial charge in [0, 0.05) is 41.8 Å². The molecule has 10 heteroatoms. The van der Waals surface area contributed by atoms with Crippen LogP contribution in [-0.4, -0.2) is 46.5 Å². The monoisotopic (exact) mass is 514 g/mol. The molecule has 36 heavy (non-hydrogen) atoms. The molecular weight excluding hydrogens is 489 g/mol. The molecule has 2 saturated heterocycles. The van der Waals surface area contributed by atoms with Crippen molar-refractivity contribution in [1.82, 2.24) is 9.88 Å². The van der Waals surface area contributed by atoms with E-state index in [9.17, 15) is 22.8 Å². The molecule has 6 nitrogen and oxygen atoms in total. The molecule has 1 unspecified atom stereocenters. The number of rotatable bonds is 5. The van der Waals surface area contributed by atoms with Crippen LogP contribution in [0.2, 0.25) is 0 Å². The summed E-state index contributed by atoms with van der Waals surface area (Å²) in [5, 5.41) is 0.931. The third-order valence-corrected chi connectivity index (χ3v) is 7.43. The zero-order chi connectivity index (χ0) is 25.4. The number of aromatic nitrogens is 1. The number of anilines is 2. The fourth-order valence-corrected chi connectivity index (χ4v) is 5.35. The quantitative estimate of drug-likeness (QED) is 0.300. The van der Waals surface area contributed by atoms with Gasteiger partial charge in [0.15, 0.2) is 0 Å². The van der Waals surface area contributed by atoms with Gasteiger partial charge in [-0.25, -0.2) is 9.69 Å². The number of nitrogens with zero attached hydrogens (tertiary/aromatic N) is 4. The van der Waals surface area contributed by atoms with Crippen molar-refractivity contribution in [2.24, 2.45) is 0 Å². The summed E-state index contributed by atoms with van der Waals surface area (Å²) in [6, 6.07) is 12.1. The van der Waals surface area contributed by atoms with Gasteiger partial charge < -0.3 is 9.80 Å². The number of amides is 3. The third-order valence-electron chi connectivity index (χ3n) is 6.69. The van der Waals surface area contributed by atoms with Gasteiger partial charge in [0.2, 0.25) is 0 Å². The molecule has 3 aromatic rings. The van der Waals surface area contributed by atoms with E-state index in [1.54, 1.807) is 13.1 Å². The Kier molecular flexibility index (Phi) is 6.55. The van der Waals surface area contributed by atoms with E-state index in [-0.39, 0.29) is 28.9 Å². The minimum atomic E-state index is -4.41. The van der Waals surface area contributed by atoms with Crippen LogP contribution in [0.4, 0.5) is 29.3 Å². The summed E-state index contributed by atoms with van der Waals surface area (Å²) >= 11 is -0.239. The van der Waals surface area contributed by atoms with Crippen LogP contribution < -0.4 is 9.80 Å². The molecule has 2 aromatic carbocycles. The molecular formula is C26H25F3N4O2S. The van der Waals surface area contributed by atoms with Crippen LogP contribution in [-0.2, 0) is 11.3 Å². The Labute approximate surface area is 211 Å². The second-order valence-electron chi connectivity index (χ2n) is 9.02. The first kappa shape index (κ1) is 24.4. The summed E-state index contributed by atoms with van der Waals surface area (Å²) in [5.41, 5.74) is -1.35. The lowest BCUT2D eigenvalue weighted by molar-refractivity contribution is -0.119. The van der Waals surface area contributed by atoms with Gasteiger partial charge >= 0.3 is 11.5 Å². The van der Waals surface area contributed by atoms with E-state index in [1.165, 1.54) is 35.6 Å². The van der Waals surface area contributed by atoms with Crippen molar-refractivity contribution >= 4 is 46.0 Å². The van der Waals surface area contributed by atoms with Crippen molar-refractivity contribution in [1.29, 1.82) is 0 Å². The number of alkyl halides is 3. The predicted molar refractivity (Wildman–Crippen MR) is 134 cm³/mol. The molecule has 2 fully saturated rings. The standard InChI is InChI=1S/C26H25F3N4O2S/c1-17-24(34)33(19-5-8-21(9-6-19)36-26(27,28)29)25(35)32(17)16-18-11-12-30-23-10-7-20(15-22(18)23)31-13-3-2-4-14-31/h5-12,15,17H,2-4,13-14,16H2,1H3. The third kappa shape index (κ3) is 4.86. The summed E-state index contributed by atoms with van der Waals surface area (Å²) in [6.45, 7) is 3.89. The SMILES string of the molecule is CC1C(=O)N(c2ccc(SC(F)(F)F)cc2)C(=O)N1Cc1ccnc2ccc(N3CCCCC3)cc12. The van der Waals surface area contributed by atoms with Gasteiger partial charge in [-0.15, -0.1) is 0 Å². The van der Waals surface area contributed by atoms with Crippen LogP contribution in [0.25, 0.3) is 10.9 Å². The lowest BCUT2D eigenvalue weighted by atomic mass is 10.1. The fraction of sp³-hybridized carbons (Fsp3) is 0.346. The molecule has 3 heterocycles. The number of hydrogen-bond acceptors (Lipinski definition) is 5. The van der Waals surface area contributed by atoms with Gasteiger partial charge in [0.25, 0.3) is 5.91 Å². The number of thioether (sulfide) groups is 1. The summed E-state index contributed by atoms with van der Waals surface area (Å²) < 4.78 is 37.9. The number of benzene rings is 2. The number of halogens is 3. The molecule has 0 saturated carbocycles. The number of carbonyl (C=O) groups is 2.